The summed E-state index contributed by atoms with van der Waals surface area (Å²) in [6.45, 7) is 2.03. The van der Waals surface area contributed by atoms with E-state index < -0.39 is 0 Å². The molecule has 0 radical (unpaired) electrons. The molecule has 2 heterocycles. The van der Waals surface area contributed by atoms with Crippen LogP contribution < -0.4 is 5.73 Å². The van der Waals surface area contributed by atoms with E-state index in [4.69, 9.17) is 5.73 Å². The van der Waals surface area contributed by atoms with Crippen LogP contribution in [0.3, 0.4) is 0 Å². The number of nitrogen functional groups attached to an aromatic ring is 1. The highest BCUT2D eigenvalue weighted by Crippen LogP contribution is 2.26. The number of anilines is 1. The van der Waals surface area contributed by atoms with E-state index in [2.05, 4.69) is 30.9 Å². The van der Waals surface area contributed by atoms with Crippen LogP contribution in [-0.2, 0) is 0 Å². The van der Waals surface area contributed by atoms with Gasteiger partial charge in [-0.15, -0.1) is 0 Å². The number of halogens is 1. The molecule has 0 saturated carbocycles. The van der Waals surface area contributed by atoms with Crippen molar-refractivity contribution >= 4 is 32.8 Å². The van der Waals surface area contributed by atoms with E-state index in [1.54, 1.807) is 6.20 Å². The highest BCUT2D eigenvalue weighted by Gasteiger charge is 2.08. The molecule has 90 valence electrons. The quantitative estimate of drug-likeness (QED) is 0.678. The van der Waals surface area contributed by atoms with Crippen molar-refractivity contribution in [3.63, 3.8) is 0 Å². The predicted octanol–water partition coefficient (Wildman–Crippen LogP) is 3.28. The first-order valence-electron chi connectivity index (χ1n) is 5.51. The first-order chi connectivity index (χ1) is 8.63. The van der Waals surface area contributed by atoms with Gasteiger partial charge in [0.15, 0.2) is 5.65 Å². The summed E-state index contributed by atoms with van der Waals surface area (Å²) in [5, 5.41) is 0. The number of imidazole rings is 1. The Morgan fingerprint density at radius 3 is 2.83 bits per heavy atom. The molecule has 0 unspecified atom stereocenters. The van der Waals surface area contributed by atoms with Crippen molar-refractivity contribution < 1.29 is 0 Å². The second kappa shape index (κ2) is 4.10. The fourth-order valence-electron chi connectivity index (χ4n) is 1.92. The summed E-state index contributed by atoms with van der Waals surface area (Å²) in [5.74, 6) is 0.778. The number of nitrogens with zero attached hydrogens (tertiary/aromatic N) is 2. The van der Waals surface area contributed by atoms with Gasteiger partial charge < -0.3 is 10.7 Å². The van der Waals surface area contributed by atoms with Crippen LogP contribution in [0.1, 0.15) is 5.56 Å². The Balaban J connectivity index is 2.22. The minimum atomic E-state index is 0.699. The number of aromatic nitrogens is 3. The van der Waals surface area contributed by atoms with E-state index in [-0.39, 0.29) is 0 Å². The lowest BCUT2D eigenvalue weighted by Crippen LogP contribution is -1.87. The molecular formula is C13H11BrN4. The molecule has 0 bridgehead atoms. The average molecular weight is 303 g/mol. The molecule has 3 N–H and O–H groups in total. The maximum atomic E-state index is 5.83. The number of fused-ring (bicyclic) bond motifs is 1. The molecule has 3 aromatic rings. The van der Waals surface area contributed by atoms with Crippen LogP contribution in [0.25, 0.3) is 22.6 Å². The molecule has 0 aliphatic heterocycles. The Kier molecular flexibility index (Phi) is 2.56. The number of benzene rings is 1. The zero-order chi connectivity index (χ0) is 12.7. The molecule has 0 saturated heterocycles. The van der Waals surface area contributed by atoms with Crippen LogP contribution in [0.5, 0.6) is 0 Å². The number of nitrogens with one attached hydrogen (secondary N) is 1. The van der Waals surface area contributed by atoms with Gasteiger partial charge in [0.1, 0.15) is 5.82 Å². The Labute approximate surface area is 112 Å². The van der Waals surface area contributed by atoms with Crippen molar-refractivity contribution in [2.75, 3.05) is 5.73 Å². The molecule has 18 heavy (non-hydrogen) atoms. The van der Waals surface area contributed by atoms with Gasteiger partial charge >= 0.3 is 0 Å². The van der Waals surface area contributed by atoms with Crippen LogP contribution in [0, 0.1) is 6.92 Å². The Hall–Kier alpha value is -1.88. The molecule has 0 aliphatic carbocycles. The lowest BCUT2D eigenvalue weighted by Gasteiger charge is -2.00. The number of H-pyrrole nitrogens is 1. The maximum Gasteiger partial charge on any atom is 0.178 e. The second-order valence-electron chi connectivity index (χ2n) is 4.19. The average Bonchev–Trinajstić information content (AvgIpc) is 2.73. The fourth-order valence-corrected chi connectivity index (χ4v) is 2.43. The standard InChI is InChI=1S/C13H11BrN4/c1-7-2-3-16-13-11(7)17-12(18-13)8-4-9(14)6-10(15)5-8/h2-6H,15H2,1H3,(H,16,17,18). The summed E-state index contributed by atoms with van der Waals surface area (Å²) in [7, 11) is 0. The Bertz CT molecular complexity index is 713. The summed E-state index contributed by atoms with van der Waals surface area (Å²) in [4.78, 5) is 12.0. The molecule has 0 spiro atoms. The first kappa shape index (κ1) is 11.2. The Morgan fingerprint density at radius 2 is 2.11 bits per heavy atom. The van der Waals surface area contributed by atoms with Crippen LogP contribution >= 0.6 is 15.9 Å². The van der Waals surface area contributed by atoms with E-state index in [9.17, 15) is 0 Å². The number of hydrogen-bond donors (Lipinski definition) is 2. The summed E-state index contributed by atoms with van der Waals surface area (Å²) >= 11 is 3.43. The number of aromatic amines is 1. The van der Waals surface area contributed by atoms with Gasteiger partial charge in [0, 0.05) is 21.9 Å². The van der Waals surface area contributed by atoms with E-state index >= 15 is 0 Å². The molecular weight excluding hydrogens is 292 g/mol. The zero-order valence-electron chi connectivity index (χ0n) is 9.74. The topological polar surface area (TPSA) is 67.6 Å². The van der Waals surface area contributed by atoms with Crippen LogP contribution in [0.2, 0.25) is 0 Å². The highest BCUT2D eigenvalue weighted by atomic mass is 79.9. The van der Waals surface area contributed by atoms with Crippen molar-refractivity contribution in [2.45, 2.75) is 6.92 Å². The van der Waals surface area contributed by atoms with Crippen LogP contribution in [-0.4, -0.2) is 15.0 Å². The van der Waals surface area contributed by atoms with Crippen molar-refractivity contribution in [3.8, 4) is 11.4 Å². The summed E-state index contributed by atoms with van der Waals surface area (Å²) in [5.41, 5.74) is 10.3. The minimum Gasteiger partial charge on any atom is -0.399 e. The van der Waals surface area contributed by atoms with Crippen LogP contribution in [0.15, 0.2) is 34.9 Å². The summed E-state index contributed by atoms with van der Waals surface area (Å²) < 4.78 is 0.933. The van der Waals surface area contributed by atoms with Crippen molar-refractivity contribution in [1.82, 2.24) is 15.0 Å². The van der Waals surface area contributed by atoms with Gasteiger partial charge in [0.05, 0.1) is 5.52 Å². The molecule has 0 amide bonds. The molecule has 0 fully saturated rings. The lowest BCUT2D eigenvalue weighted by atomic mass is 10.2. The monoisotopic (exact) mass is 302 g/mol. The van der Waals surface area contributed by atoms with Gasteiger partial charge in [-0.2, -0.15) is 0 Å². The molecule has 0 atom stereocenters. The second-order valence-corrected chi connectivity index (χ2v) is 5.10. The third kappa shape index (κ3) is 1.86. The number of pyridine rings is 1. The van der Waals surface area contributed by atoms with Gasteiger partial charge in [-0.3, -0.25) is 0 Å². The summed E-state index contributed by atoms with van der Waals surface area (Å²) in [6, 6.07) is 7.68. The SMILES string of the molecule is Cc1ccnc2nc(-c3cc(N)cc(Br)c3)[nH]c12. The van der Waals surface area contributed by atoms with Gasteiger partial charge in [-0.1, -0.05) is 15.9 Å². The Morgan fingerprint density at radius 1 is 1.28 bits per heavy atom. The number of nitrogens with two attached hydrogens (primary N) is 1. The number of hydrogen-bond acceptors (Lipinski definition) is 3. The van der Waals surface area contributed by atoms with Gasteiger partial charge in [-0.05, 0) is 36.8 Å². The molecule has 3 rings (SSSR count). The molecule has 0 aliphatic rings. The fraction of sp³-hybridized carbons (Fsp3) is 0.0769. The third-order valence-corrected chi connectivity index (χ3v) is 3.25. The number of rotatable bonds is 1. The third-order valence-electron chi connectivity index (χ3n) is 2.79. The van der Waals surface area contributed by atoms with Crippen molar-refractivity contribution in [3.05, 3.63) is 40.5 Å². The van der Waals surface area contributed by atoms with E-state index in [0.717, 1.165) is 32.6 Å². The maximum absolute atomic E-state index is 5.83. The molecule has 4 nitrogen and oxygen atoms in total. The van der Waals surface area contributed by atoms with E-state index in [0.29, 0.717) is 5.69 Å². The zero-order valence-corrected chi connectivity index (χ0v) is 11.3. The van der Waals surface area contributed by atoms with E-state index in [1.165, 1.54) is 0 Å². The van der Waals surface area contributed by atoms with Gasteiger partial charge in [0.25, 0.3) is 0 Å². The highest BCUT2D eigenvalue weighted by molar-refractivity contribution is 9.10. The van der Waals surface area contributed by atoms with Gasteiger partial charge in [0.2, 0.25) is 0 Å². The van der Waals surface area contributed by atoms with E-state index in [1.807, 2.05) is 31.2 Å². The minimum absolute atomic E-state index is 0.699. The number of aryl methyl sites for hydroxylation is 1. The van der Waals surface area contributed by atoms with Gasteiger partial charge in [-0.25, -0.2) is 9.97 Å². The molecule has 1 aromatic carbocycles. The normalized spacial score (nSPS) is 11.0. The summed E-state index contributed by atoms with van der Waals surface area (Å²) in [6.07, 6.45) is 1.76. The largest absolute Gasteiger partial charge is 0.399 e. The van der Waals surface area contributed by atoms with Crippen molar-refractivity contribution in [2.24, 2.45) is 0 Å². The first-order valence-corrected chi connectivity index (χ1v) is 6.30. The molecule has 5 heteroatoms. The lowest BCUT2D eigenvalue weighted by molar-refractivity contribution is 1.30. The van der Waals surface area contributed by atoms with Crippen LogP contribution in [0.4, 0.5) is 5.69 Å². The molecule has 2 aromatic heterocycles. The van der Waals surface area contributed by atoms with Crippen molar-refractivity contribution in [1.29, 1.82) is 0 Å². The smallest absolute Gasteiger partial charge is 0.178 e. The predicted molar refractivity (Wildman–Crippen MR) is 76.2 cm³/mol.